The molecule has 9 heteroatoms. The summed E-state index contributed by atoms with van der Waals surface area (Å²) in [5.41, 5.74) is 0.690. The predicted octanol–water partition coefficient (Wildman–Crippen LogP) is 1.37. The molecule has 2 N–H and O–H groups in total. The molecule has 0 saturated heterocycles. The number of benzene rings is 1. The smallest absolute Gasteiger partial charge is 0.237 e. The summed E-state index contributed by atoms with van der Waals surface area (Å²) in [6.45, 7) is 1.52. The number of aromatic nitrogens is 4. The van der Waals surface area contributed by atoms with E-state index in [0.29, 0.717) is 34.1 Å². The van der Waals surface area contributed by atoms with Crippen molar-refractivity contribution in [3.05, 3.63) is 36.9 Å². The van der Waals surface area contributed by atoms with Crippen LogP contribution in [0, 0.1) is 0 Å². The van der Waals surface area contributed by atoms with Crippen LogP contribution < -0.4 is 5.32 Å². The van der Waals surface area contributed by atoms with E-state index < -0.39 is 11.1 Å². The number of anilines is 1. The normalized spacial score (nSPS) is 12.7. The van der Waals surface area contributed by atoms with Crippen molar-refractivity contribution in [3.63, 3.8) is 0 Å². The van der Waals surface area contributed by atoms with Gasteiger partial charge in [0.15, 0.2) is 11.1 Å². The van der Waals surface area contributed by atoms with E-state index in [1.54, 1.807) is 41.5 Å². The zero-order chi connectivity index (χ0) is 17.1. The highest BCUT2D eigenvalue weighted by molar-refractivity contribution is 7.79. The van der Waals surface area contributed by atoms with Gasteiger partial charge in [0.25, 0.3) is 0 Å². The maximum Gasteiger partial charge on any atom is 0.237 e. The van der Waals surface area contributed by atoms with Gasteiger partial charge in [0.05, 0.1) is 10.4 Å². The predicted molar refractivity (Wildman–Crippen MR) is 92.7 cm³/mol. The third-order valence-electron chi connectivity index (χ3n) is 3.44. The molecule has 1 atom stereocenters. The molecule has 0 fully saturated rings. The number of rotatable bonds is 6. The van der Waals surface area contributed by atoms with Gasteiger partial charge in [-0.05, 0) is 32.3 Å². The number of hydrogen-bond acceptors (Lipinski definition) is 6. The Labute approximate surface area is 141 Å². The van der Waals surface area contributed by atoms with Crippen molar-refractivity contribution in [1.82, 2.24) is 24.4 Å². The fourth-order valence-corrected chi connectivity index (χ4v) is 2.63. The second-order valence-corrected chi connectivity index (χ2v) is 6.47. The van der Waals surface area contributed by atoms with E-state index in [1.807, 2.05) is 14.1 Å². The van der Waals surface area contributed by atoms with E-state index in [4.69, 9.17) is 0 Å². The number of hydrogen-bond donors (Lipinski definition) is 2. The Kier molecular flexibility index (Phi) is 4.84. The second-order valence-electron chi connectivity index (χ2n) is 5.50. The van der Waals surface area contributed by atoms with Gasteiger partial charge < -0.3 is 14.8 Å². The fraction of sp³-hybridized carbons (Fsp3) is 0.267. The van der Waals surface area contributed by atoms with Crippen molar-refractivity contribution in [2.24, 2.45) is 0 Å². The first-order chi connectivity index (χ1) is 11.5. The van der Waals surface area contributed by atoms with Crippen LogP contribution in [0.1, 0.15) is 0 Å². The molecular weight excluding hydrogens is 328 g/mol. The standard InChI is InChI=1S/C15H18N6O2S/c1-20(2)7-6-17-14-12-9-11(24(22)23)3-4-13(12)18-15(19-14)21-8-5-16-10-21/h3-5,8-10H,6-7H2,1-2H3,(H,22,23)(H,17,18,19). The van der Waals surface area contributed by atoms with Crippen molar-refractivity contribution in [3.8, 4) is 5.95 Å². The molecule has 126 valence electrons. The molecule has 0 aliphatic rings. The first-order valence-electron chi connectivity index (χ1n) is 7.34. The molecule has 0 spiro atoms. The molecule has 1 aromatic carbocycles. The highest BCUT2D eigenvalue weighted by Gasteiger charge is 2.11. The summed E-state index contributed by atoms with van der Waals surface area (Å²) in [5, 5.41) is 3.99. The molecule has 0 amide bonds. The van der Waals surface area contributed by atoms with Crippen molar-refractivity contribution < 1.29 is 8.76 Å². The van der Waals surface area contributed by atoms with Crippen LogP contribution in [0.3, 0.4) is 0 Å². The summed E-state index contributed by atoms with van der Waals surface area (Å²) in [7, 11) is 3.98. The minimum absolute atomic E-state index is 0.317. The summed E-state index contributed by atoms with van der Waals surface area (Å²) in [6, 6.07) is 4.95. The summed E-state index contributed by atoms with van der Waals surface area (Å²) in [4.78, 5) is 15.4. The maximum atomic E-state index is 11.3. The molecular formula is C15H18N6O2S. The average Bonchev–Trinajstić information content (AvgIpc) is 3.08. The largest absolute Gasteiger partial charge is 0.368 e. The van der Waals surface area contributed by atoms with Crippen molar-refractivity contribution in [2.75, 3.05) is 32.5 Å². The Hall–Kier alpha value is -2.36. The Morgan fingerprint density at radius 3 is 2.83 bits per heavy atom. The topological polar surface area (TPSA) is 96.2 Å². The molecule has 2 heterocycles. The van der Waals surface area contributed by atoms with Crippen LogP contribution in [0.15, 0.2) is 41.8 Å². The molecule has 3 aromatic rings. The van der Waals surface area contributed by atoms with Crippen molar-refractivity contribution in [2.45, 2.75) is 4.90 Å². The first-order valence-corrected chi connectivity index (χ1v) is 8.45. The zero-order valence-corrected chi connectivity index (χ0v) is 14.2. The lowest BCUT2D eigenvalue weighted by Gasteiger charge is -2.14. The highest BCUT2D eigenvalue weighted by Crippen LogP contribution is 2.24. The van der Waals surface area contributed by atoms with Gasteiger partial charge >= 0.3 is 0 Å². The van der Waals surface area contributed by atoms with Gasteiger partial charge in [0, 0.05) is 30.9 Å². The second kappa shape index (κ2) is 7.04. The van der Waals surface area contributed by atoms with Crippen LogP contribution in [-0.2, 0) is 11.1 Å². The lowest BCUT2D eigenvalue weighted by atomic mass is 10.2. The molecule has 24 heavy (non-hydrogen) atoms. The summed E-state index contributed by atoms with van der Waals surface area (Å²) in [6.07, 6.45) is 5.05. The molecule has 0 aliphatic carbocycles. The SMILES string of the molecule is CN(C)CCNc1nc(-n2ccnc2)nc2ccc(S(=O)O)cc12. The minimum Gasteiger partial charge on any atom is -0.368 e. The third-order valence-corrected chi connectivity index (χ3v) is 4.10. The van der Waals surface area contributed by atoms with Gasteiger partial charge in [-0.25, -0.2) is 14.2 Å². The van der Waals surface area contributed by atoms with Crippen molar-refractivity contribution in [1.29, 1.82) is 0 Å². The van der Waals surface area contributed by atoms with E-state index in [0.717, 1.165) is 6.54 Å². The van der Waals surface area contributed by atoms with Gasteiger partial charge in [-0.1, -0.05) is 0 Å². The van der Waals surface area contributed by atoms with Crippen LogP contribution in [0.5, 0.6) is 0 Å². The molecule has 3 rings (SSSR count). The maximum absolute atomic E-state index is 11.3. The number of imidazole rings is 1. The third kappa shape index (κ3) is 3.58. The van der Waals surface area contributed by atoms with Crippen molar-refractivity contribution >= 4 is 27.8 Å². The van der Waals surface area contributed by atoms with E-state index in [-0.39, 0.29) is 0 Å². The minimum atomic E-state index is -2.05. The summed E-state index contributed by atoms with van der Waals surface area (Å²) >= 11 is -2.05. The molecule has 8 nitrogen and oxygen atoms in total. The monoisotopic (exact) mass is 346 g/mol. The highest BCUT2D eigenvalue weighted by atomic mass is 32.2. The number of fused-ring (bicyclic) bond motifs is 1. The van der Waals surface area contributed by atoms with E-state index >= 15 is 0 Å². The van der Waals surface area contributed by atoms with Crippen LogP contribution in [0.2, 0.25) is 0 Å². The Morgan fingerprint density at radius 2 is 2.17 bits per heavy atom. The van der Waals surface area contributed by atoms with Crippen LogP contribution in [0.25, 0.3) is 16.9 Å². The lowest BCUT2D eigenvalue weighted by Crippen LogP contribution is -2.21. The van der Waals surface area contributed by atoms with Gasteiger partial charge in [0.2, 0.25) is 5.95 Å². The molecule has 0 saturated carbocycles. The first kappa shape index (κ1) is 16.5. The summed E-state index contributed by atoms with van der Waals surface area (Å²) < 4.78 is 22.4. The molecule has 0 bridgehead atoms. The quantitative estimate of drug-likeness (QED) is 0.651. The lowest BCUT2D eigenvalue weighted by molar-refractivity contribution is 0.425. The number of nitrogens with one attached hydrogen (secondary N) is 1. The van der Waals surface area contributed by atoms with E-state index in [1.165, 1.54) is 0 Å². The van der Waals surface area contributed by atoms with Crippen LogP contribution in [-0.4, -0.2) is 60.4 Å². The Balaban J connectivity index is 2.07. The number of likely N-dealkylation sites (N-methyl/N-ethyl adjacent to an activating group) is 1. The van der Waals surface area contributed by atoms with Gasteiger partial charge in [-0.2, -0.15) is 4.98 Å². The molecule has 0 radical (unpaired) electrons. The van der Waals surface area contributed by atoms with E-state index in [2.05, 4.69) is 25.2 Å². The Morgan fingerprint density at radius 1 is 1.33 bits per heavy atom. The molecule has 0 aliphatic heterocycles. The number of nitrogens with zero attached hydrogens (tertiary/aromatic N) is 5. The fourth-order valence-electron chi connectivity index (χ4n) is 2.23. The van der Waals surface area contributed by atoms with Crippen LogP contribution in [0.4, 0.5) is 5.82 Å². The average molecular weight is 346 g/mol. The van der Waals surface area contributed by atoms with Gasteiger partial charge in [-0.3, -0.25) is 4.57 Å². The summed E-state index contributed by atoms with van der Waals surface area (Å²) in [5.74, 6) is 1.11. The molecule has 2 aromatic heterocycles. The molecule has 1 unspecified atom stereocenters. The van der Waals surface area contributed by atoms with Crippen LogP contribution >= 0.6 is 0 Å². The Bertz CT molecular complexity index is 866. The van der Waals surface area contributed by atoms with E-state index in [9.17, 15) is 8.76 Å². The van der Waals surface area contributed by atoms with Gasteiger partial charge in [0.1, 0.15) is 12.1 Å². The van der Waals surface area contributed by atoms with Gasteiger partial charge in [-0.15, -0.1) is 0 Å². The zero-order valence-electron chi connectivity index (χ0n) is 13.4.